The van der Waals surface area contributed by atoms with Gasteiger partial charge < -0.3 is 15.2 Å². The lowest BCUT2D eigenvalue weighted by Gasteiger charge is -2.36. The third-order valence-corrected chi connectivity index (χ3v) is 2.30. The second-order valence-corrected chi connectivity index (χ2v) is 3.08. The zero-order valence-corrected chi connectivity index (χ0v) is 7.32. The van der Waals surface area contributed by atoms with E-state index < -0.39 is 5.85 Å². The summed E-state index contributed by atoms with van der Waals surface area (Å²) in [6.45, 7) is 1.75. The van der Waals surface area contributed by atoms with Crippen molar-refractivity contribution in [3.05, 3.63) is 0 Å². The summed E-state index contributed by atoms with van der Waals surface area (Å²) in [5.74, 6) is -1.76. The van der Waals surface area contributed by atoms with Crippen LogP contribution in [0.3, 0.4) is 0 Å². The second kappa shape index (κ2) is 3.01. The van der Waals surface area contributed by atoms with E-state index in [-0.39, 0.29) is 5.91 Å². The van der Waals surface area contributed by atoms with Crippen molar-refractivity contribution in [1.29, 1.82) is 0 Å². The molecule has 2 N–H and O–H groups in total. The van der Waals surface area contributed by atoms with Crippen molar-refractivity contribution in [3.63, 3.8) is 0 Å². The molecular weight excluding hydrogens is 160 g/mol. The molecule has 12 heavy (non-hydrogen) atoms. The molecule has 1 atom stereocenters. The van der Waals surface area contributed by atoms with E-state index in [4.69, 9.17) is 0 Å². The Morgan fingerprint density at radius 1 is 1.67 bits per heavy atom. The second-order valence-electron chi connectivity index (χ2n) is 3.08. The first-order valence-corrected chi connectivity index (χ1v) is 3.92. The highest BCUT2D eigenvalue weighted by molar-refractivity contribution is 5.73. The van der Waals surface area contributed by atoms with Gasteiger partial charge in [0.25, 0.3) is 0 Å². The summed E-state index contributed by atoms with van der Waals surface area (Å²) in [6, 6.07) is 0. The molecule has 1 unspecified atom stereocenters. The van der Waals surface area contributed by atoms with Crippen LogP contribution in [0.4, 0.5) is 0 Å². The highest BCUT2D eigenvalue weighted by Gasteiger charge is 2.43. The molecule has 1 rings (SSSR count). The van der Waals surface area contributed by atoms with Crippen LogP contribution < -0.4 is 0 Å². The molecule has 0 aromatic carbocycles. The maximum atomic E-state index is 10.9. The molecule has 5 nitrogen and oxygen atoms in total. The fourth-order valence-corrected chi connectivity index (χ4v) is 1.37. The number of amides is 1. The minimum atomic E-state index is -1.49. The summed E-state index contributed by atoms with van der Waals surface area (Å²) in [5, 5.41) is 19.8. The molecular formula is C7H14N2O3. The van der Waals surface area contributed by atoms with E-state index in [1.54, 1.807) is 0 Å². The number of carbonyl (C=O) groups is 1. The summed E-state index contributed by atoms with van der Waals surface area (Å²) in [7, 11) is 1.47. The molecule has 0 saturated carbocycles. The van der Waals surface area contributed by atoms with Crippen molar-refractivity contribution in [1.82, 2.24) is 9.96 Å². The molecule has 0 radical (unpaired) electrons. The minimum Gasteiger partial charge on any atom is -0.357 e. The molecule has 0 aromatic heterocycles. The van der Waals surface area contributed by atoms with Crippen LogP contribution in [0, 0.1) is 0 Å². The van der Waals surface area contributed by atoms with Crippen molar-refractivity contribution in [2.75, 3.05) is 13.6 Å². The van der Waals surface area contributed by atoms with Gasteiger partial charge in [0.1, 0.15) is 0 Å². The number of carbonyl (C=O) groups excluding carboxylic acids is 1. The van der Waals surface area contributed by atoms with Crippen LogP contribution in [0.2, 0.25) is 0 Å². The Morgan fingerprint density at radius 2 is 2.25 bits per heavy atom. The summed E-state index contributed by atoms with van der Waals surface area (Å²) in [6.07, 6.45) is 1.07. The van der Waals surface area contributed by atoms with Crippen molar-refractivity contribution >= 4 is 5.91 Å². The van der Waals surface area contributed by atoms with Crippen molar-refractivity contribution < 1.29 is 15.1 Å². The highest BCUT2D eigenvalue weighted by atomic mass is 16.6. The third kappa shape index (κ3) is 1.31. The van der Waals surface area contributed by atoms with E-state index in [1.807, 2.05) is 0 Å². The lowest BCUT2D eigenvalue weighted by atomic mass is 10.2. The normalized spacial score (nSPS) is 30.7. The monoisotopic (exact) mass is 174 g/mol. The first kappa shape index (κ1) is 9.44. The van der Waals surface area contributed by atoms with E-state index in [0.717, 1.165) is 9.96 Å². The molecule has 0 aliphatic carbocycles. The van der Waals surface area contributed by atoms with E-state index in [2.05, 4.69) is 0 Å². The van der Waals surface area contributed by atoms with Gasteiger partial charge in [-0.05, 0) is 6.42 Å². The fourth-order valence-electron chi connectivity index (χ4n) is 1.37. The van der Waals surface area contributed by atoms with Crippen LogP contribution >= 0.6 is 0 Å². The van der Waals surface area contributed by atoms with Crippen LogP contribution in [-0.4, -0.2) is 45.6 Å². The van der Waals surface area contributed by atoms with Gasteiger partial charge in [0.15, 0.2) is 0 Å². The number of hydroxylamine groups is 2. The van der Waals surface area contributed by atoms with E-state index in [0.29, 0.717) is 19.4 Å². The maximum Gasteiger partial charge on any atom is 0.222 e. The molecule has 1 amide bonds. The average Bonchev–Trinajstić information content (AvgIpc) is 2.32. The first-order chi connectivity index (χ1) is 5.48. The highest BCUT2D eigenvalue weighted by Crippen LogP contribution is 2.27. The number of aliphatic hydroxyl groups is 1. The van der Waals surface area contributed by atoms with Gasteiger partial charge in [-0.1, -0.05) is 0 Å². The van der Waals surface area contributed by atoms with Gasteiger partial charge in [0.05, 0.1) is 0 Å². The largest absolute Gasteiger partial charge is 0.357 e. The van der Waals surface area contributed by atoms with Gasteiger partial charge in [-0.3, -0.25) is 4.79 Å². The fraction of sp³-hybridized carbons (Fsp3) is 0.857. The van der Waals surface area contributed by atoms with Gasteiger partial charge in [0.2, 0.25) is 11.8 Å². The molecule has 0 aromatic rings. The van der Waals surface area contributed by atoms with Gasteiger partial charge in [-0.2, -0.15) is 0 Å². The molecule has 1 fully saturated rings. The quantitative estimate of drug-likeness (QED) is 0.531. The van der Waals surface area contributed by atoms with Gasteiger partial charge in [-0.15, -0.1) is 5.06 Å². The predicted octanol–water partition coefficient (Wildman–Crippen LogP) is -0.404. The molecule has 0 bridgehead atoms. The Balaban J connectivity index is 2.76. The summed E-state index contributed by atoms with van der Waals surface area (Å²) < 4.78 is 0. The minimum absolute atomic E-state index is 0.265. The Hall–Kier alpha value is -0.650. The zero-order valence-electron chi connectivity index (χ0n) is 7.32. The predicted molar refractivity (Wildman–Crippen MR) is 41.1 cm³/mol. The topological polar surface area (TPSA) is 64.0 Å². The summed E-state index contributed by atoms with van der Waals surface area (Å²) >= 11 is 0. The molecule has 1 saturated heterocycles. The van der Waals surface area contributed by atoms with E-state index in [9.17, 15) is 15.1 Å². The summed E-state index contributed by atoms with van der Waals surface area (Å²) in [4.78, 5) is 12.0. The van der Waals surface area contributed by atoms with Crippen LogP contribution in [0.25, 0.3) is 0 Å². The number of hydrogen-bond acceptors (Lipinski definition) is 4. The lowest BCUT2D eigenvalue weighted by Crippen LogP contribution is -2.56. The van der Waals surface area contributed by atoms with Crippen LogP contribution in [0.5, 0.6) is 0 Å². The number of rotatable bonds is 1. The van der Waals surface area contributed by atoms with Crippen molar-refractivity contribution in [2.45, 2.75) is 25.6 Å². The Morgan fingerprint density at radius 3 is 2.58 bits per heavy atom. The van der Waals surface area contributed by atoms with E-state index in [1.165, 1.54) is 14.0 Å². The Labute approximate surface area is 71.1 Å². The van der Waals surface area contributed by atoms with Crippen LogP contribution in [-0.2, 0) is 4.79 Å². The molecule has 1 heterocycles. The van der Waals surface area contributed by atoms with Gasteiger partial charge >= 0.3 is 0 Å². The van der Waals surface area contributed by atoms with Gasteiger partial charge in [-0.25, -0.2) is 0 Å². The average molecular weight is 174 g/mol. The van der Waals surface area contributed by atoms with Crippen LogP contribution in [0.15, 0.2) is 0 Å². The molecule has 5 heteroatoms. The molecule has 1 aliphatic rings. The van der Waals surface area contributed by atoms with Crippen molar-refractivity contribution in [3.8, 4) is 0 Å². The smallest absolute Gasteiger partial charge is 0.222 e. The Kier molecular flexibility index (Phi) is 2.36. The lowest BCUT2D eigenvalue weighted by molar-refractivity contribution is -0.292. The van der Waals surface area contributed by atoms with Crippen molar-refractivity contribution in [2.24, 2.45) is 0 Å². The standard InChI is InChI=1S/C7H14N2O3/c1-6(10)8(2)7(11)4-3-5-9(7)12/h11-12H,3-5H2,1-2H3. The van der Waals surface area contributed by atoms with E-state index >= 15 is 0 Å². The molecule has 0 spiro atoms. The SMILES string of the molecule is CC(=O)N(C)C1(O)CCCN1O. The maximum absolute atomic E-state index is 10.9. The number of nitrogens with zero attached hydrogens (tertiary/aromatic N) is 2. The van der Waals surface area contributed by atoms with Crippen LogP contribution in [0.1, 0.15) is 19.8 Å². The summed E-state index contributed by atoms with van der Waals surface area (Å²) in [5.41, 5.74) is 0. The third-order valence-electron chi connectivity index (χ3n) is 2.30. The Bertz CT molecular complexity index is 197. The van der Waals surface area contributed by atoms with Gasteiger partial charge in [0, 0.05) is 26.9 Å². The first-order valence-electron chi connectivity index (χ1n) is 3.92. The molecule has 1 aliphatic heterocycles. The zero-order chi connectivity index (χ0) is 9.35. The molecule has 70 valence electrons. The number of hydrogen-bond donors (Lipinski definition) is 2.